The number of aryl methyl sites for hydroxylation is 1. The molecule has 11 heteroatoms. The van der Waals surface area contributed by atoms with Gasteiger partial charge in [-0.2, -0.15) is 5.10 Å². The maximum atomic E-state index is 6.84. The number of anilines is 1. The van der Waals surface area contributed by atoms with Gasteiger partial charge in [-0.05, 0) is 68.4 Å². The van der Waals surface area contributed by atoms with Crippen molar-refractivity contribution in [3.63, 3.8) is 0 Å². The number of nitrogens with zero attached hydrogens (tertiary/aromatic N) is 8. The molecular weight excluding hydrogens is 847 g/mol. The van der Waals surface area contributed by atoms with Gasteiger partial charge in [0, 0.05) is 6.07 Å². The molecule has 0 aliphatic rings. The average Bonchev–Trinajstić information content (AvgIpc) is 3.95. The summed E-state index contributed by atoms with van der Waals surface area (Å²) in [7, 11) is 0. The standard InChI is InChI=1S/C52H40BrN9O/c1-37-45(59-62(58-37)44-32-33-47(53)54-35-44)36-63-46-34-48(56-51(38-20-8-2-9-21-38,39-22-10-3-11-23-39)40-24-12-4-13-25-40)55-50-49(46)57-60-61(50)52(41-26-14-5-15-27-41,42-28-16-6-17-29-42)43-30-18-7-19-31-43/h2-35H,36H2,1H3,(H,55,56). The van der Waals surface area contributed by atoms with Gasteiger partial charge in [0.05, 0.1) is 11.9 Å². The van der Waals surface area contributed by atoms with Crippen molar-refractivity contribution in [1.29, 1.82) is 0 Å². The van der Waals surface area contributed by atoms with Crippen LogP contribution in [0.15, 0.2) is 211 Å². The van der Waals surface area contributed by atoms with Gasteiger partial charge >= 0.3 is 0 Å². The van der Waals surface area contributed by atoms with Gasteiger partial charge in [0.15, 0.2) is 16.9 Å². The fourth-order valence-corrected chi connectivity index (χ4v) is 8.68. The molecule has 0 radical (unpaired) electrons. The second kappa shape index (κ2) is 16.9. The summed E-state index contributed by atoms with van der Waals surface area (Å²) in [5.74, 6) is 1.01. The molecule has 0 spiro atoms. The summed E-state index contributed by atoms with van der Waals surface area (Å²) in [5.41, 5.74) is 7.24. The molecule has 63 heavy (non-hydrogen) atoms. The predicted octanol–water partition coefficient (Wildman–Crippen LogP) is 10.7. The number of ether oxygens (including phenoxy) is 1. The second-order valence-electron chi connectivity index (χ2n) is 15.1. The van der Waals surface area contributed by atoms with Crippen LogP contribution in [0.3, 0.4) is 0 Å². The van der Waals surface area contributed by atoms with E-state index in [4.69, 9.17) is 30.2 Å². The Morgan fingerprint density at radius 2 is 1.06 bits per heavy atom. The minimum Gasteiger partial charge on any atom is -0.485 e. The van der Waals surface area contributed by atoms with Gasteiger partial charge in [0.2, 0.25) is 0 Å². The third-order valence-corrected chi connectivity index (χ3v) is 11.9. The first-order valence-electron chi connectivity index (χ1n) is 20.6. The molecule has 0 unspecified atom stereocenters. The smallest absolute Gasteiger partial charge is 0.185 e. The first-order valence-corrected chi connectivity index (χ1v) is 21.4. The highest BCUT2D eigenvalue weighted by Crippen LogP contribution is 2.44. The van der Waals surface area contributed by atoms with Crippen LogP contribution in [0.1, 0.15) is 44.8 Å². The predicted molar refractivity (Wildman–Crippen MR) is 249 cm³/mol. The third-order valence-electron chi connectivity index (χ3n) is 11.4. The second-order valence-corrected chi connectivity index (χ2v) is 15.9. The molecule has 0 aliphatic heterocycles. The molecule has 1 N–H and O–H groups in total. The van der Waals surface area contributed by atoms with Crippen molar-refractivity contribution in [3.8, 4) is 11.4 Å². The monoisotopic (exact) mass is 885 g/mol. The number of benzene rings is 6. The van der Waals surface area contributed by atoms with E-state index in [2.05, 4.69) is 172 Å². The number of aromatic nitrogens is 8. The van der Waals surface area contributed by atoms with E-state index in [1.807, 2.05) is 66.2 Å². The highest BCUT2D eigenvalue weighted by Gasteiger charge is 2.42. The van der Waals surface area contributed by atoms with Crippen molar-refractivity contribution < 1.29 is 4.74 Å². The van der Waals surface area contributed by atoms with Crippen molar-refractivity contribution in [2.45, 2.75) is 24.6 Å². The Kier molecular flexibility index (Phi) is 10.6. The summed E-state index contributed by atoms with van der Waals surface area (Å²) in [4.78, 5) is 11.5. The zero-order valence-corrected chi connectivity index (χ0v) is 35.8. The molecule has 10 aromatic rings. The molecule has 0 fully saturated rings. The Labute approximate surface area is 373 Å². The average molecular weight is 887 g/mol. The molecule has 6 aromatic carbocycles. The highest BCUT2D eigenvalue weighted by molar-refractivity contribution is 9.10. The van der Waals surface area contributed by atoms with Crippen LogP contribution in [-0.4, -0.2) is 40.0 Å². The number of nitrogens with one attached hydrogen (secondary N) is 1. The molecule has 10 nitrogen and oxygen atoms in total. The third kappa shape index (κ3) is 7.21. The largest absolute Gasteiger partial charge is 0.485 e. The molecule has 4 heterocycles. The number of hydrogen-bond donors (Lipinski definition) is 1. The molecule has 0 aliphatic carbocycles. The minimum atomic E-state index is -1.01. The summed E-state index contributed by atoms with van der Waals surface area (Å²) in [6.07, 6.45) is 1.72. The number of fused-ring (bicyclic) bond motifs is 1. The van der Waals surface area contributed by atoms with E-state index in [1.165, 1.54) is 0 Å². The summed E-state index contributed by atoms with van der Waals surface area (Å²) >= 11 is 3.42. The van der Waals surface area contributed by atoms with E-state index in [0.29, 0.717) is 28.4 Å². The summed E-state index contributed by atoms with van der Waals surface area (Å²) in [5, 5.41) is 23.5. The minimum absolute atomic E-state index is 0.101. The Morgan fingerprint density at radius 1 is 0.587 bits per heavy atom. The van der Waals surface area contributed by atoms with Crippen molar-refractivity contribution in [1.82, 2.24) is 40.0 Å². The van der Waals surface area contributed by atoms with E-state index in [9.17, 15) is 0 Å². The molecule has 0 amide bonds. The van der Waals surface area contributed by atoms with E-state index in [1.54, 1.807) is 11.0 Å². The molecule has 0 saturated carbocycles. The first-order chi connectivity index (χ1) is 31.0. The molecule has 306 valence electrons. The quantitative estimate of drug-likeness (QED) is 0.0901. The van der Waals surface area contributed by atoms with Crippen LogP contribution in [0.2, 0.25) is 0 Å². The zero-order valence-electron chi connectivity index (χ0n) is 34.2. The topological polar surface area (TPSA) is 108 Å². The number of hydrogen-bond acceptors (Lipinski definition) is 8. The van der Waals surface area contributed by atoms with Crippen LogP contribution in [0.5, 0.6) is 5.75 Å². The molecule has 0 bridgehead atoms. The van der Waals surface area contributed by atoms with Crippen LogP contribution in [0.4, 0.5) is 5.82 Å². The summed E-state index contributed by atoms with van der Waals surface area (Å²) in [6, 6.07) is 68.2. The Balaban J connectivity index is 1.22. The van der Waals surface area contributed by atoms with Gasteiger partial charge in [0.25, 0.3) is 0 Å². The van der Waals surface area contributed by atoms with Gasteiger partial charge < -0.3 is 10.1 Å². The number of pyridine rings is 2. The van der Waals surface area contributed by atoms with Gasteiger partial charge in [0.1, 0.15) is 39.5 Å². The molecule has 0 atom stereocenters. The fourth-order valence-electron chi connectivity index (χ4n) is 8.44. The molecular formula is C52H40BrN9O. The lowest BCUT2D eigenvalue weighted by molar-refractivity contribution is 0.302. The fraction of sp³-hybridized carbons (Fsp3) is 0.0769. The molecule has 4 aromatic heterocycles. The molecule has 10 rings (SSSR count). The Hall–Kier alpha value is -7.76. The van der Waals surface area contributed by atoms with E-state index in [0.717, 1.165) is 49.4 Å². The molecule has 0 saturated heterocycles. The maximum Gasteiger partial charge on any atom is 0.185 e. The SMILES string of the molecule is Cc1nn(-c2ccc(Br)nc2)nc1COc1cc(NC(c2ccccc2)(c2ccccc2)c2ccccc2)nc2c1nnn2C(c1ccccc1)(c1ccccc1)c1ccccc1. The van der Waals surface area contributed by atoms with Gasteiger partial charge in [-0.1, -0.05) is 187 Å². The Morgan fingerprint density at radius 3 is 1.52 bits per heavy atom. The van der Waals surface area contributed by atoms with Crippen LogP contribution < -0.4 is 10.1 Å². The van der Waals surface area contributed by atoms with Crippen molar-refractivity contribution in [2.24, 2.45) is 0 Å². The van der Waals surface area contributed by atoms with Crippen LogP contribution in [0, 0.1) is 6.92 Å². The lowest BCUT2D eigenvalue weighted by Gasteiger charge is -2.38. The van der Waals surface area contributed by atoms with Crippen molar-refractivity contribution in [2.75, 3.05) is 5.32 Å². The summed E-state index contributed by atoms with van der Waals surface area (Å²) in [6.45, 7) is 2.02. The van der Waals surface area contributed by atoms with Crippen LogP contribution >= 0.6 is 15.9 Å². The van der Waals surface area contributed by atoms with Crippen molar-refractivity contribution in [3.05, 3.63) is 256 Å². The number of rotatable bonds is 13. The lowest BCUT2D eigenvalue weighted by Crippen LogP contribution is -2.39. The first kappa shape index (κ1) is 39.4. The zero-order chi connectivity index (χ0) is 42.6. The van der Waals surface area contributed by atoms with Crippen LogP contribution in [-0.2, 0) is 17.7 Å². The number of halogens is 1. The summed E-state index contributed by atoms with van der Waals surface area (Å²) < 4.78 is 9.50. The van der Waals surface area contributed by atoms with Crippen molar-refractivity contribution >= 4 is 32.9 Å². The highest BCUT2D eigenvalue weighted by atomic mass is 79.9. The lowest BCUT2D eigenvalue weighted by atomic mass is 9.77. The maximum absolute atomic E-state index is 6.84. The van der Waals surface area contributed by atoms with E-state index in [-0.39, 0.29) is 6.61 Å². The van der Waals surface area contributed by atoms with Crippen LogP contribution in [0.25, 0.3) is 16.9 Å². The van der Waals surface area contributed by atoms with Gasteiger partial charge in [-0.25, -0.2) is 14.6 Å². The van der Waals surface area contributed by atoms with E-state index < -0.39 is 11.1 Å². The van der Waals surface area contributed by atoms with Gasteiger partial charge in [-0.15, -0.1) is 15.0 Å². The normalized spacial score (nSPS) is 11.7. The van der Waals surface area contributed by atoms with E-state index >= 15 is 0 Å². The Bertz CT molecular complexity index is 2900. The van der Waals surface area contributed by atoms with Gasteiger partial charge in [-0.3, -0.25) is 0 Å².